The van der Waals surface area contributed by atoms with Gasteiger partial charge in [0.25, 0.3) is 0 Å². The molecule has 0 aromatic carbocycles. The molecule has 0 aliphatic heterocycles. The Hall–Kier alpha value is -2.24. The fourth-order valence-electron chi connectivity index (χ4n) is 1.52. The van der Waals surface area contributed by atoms with Gasteiger partial charge in [0.1, 0.15) is 12.2 Å². The number of carbonyl (C=O) groups is 4. The smallest absolute Gasteiger partial charge is 0.347 e. The summed E-state index contributed by atoms with van der Waals surface area (Å²) >= 11 is 0. The third-order valence-electron chi connectivity index (χ3n) is 2.76. The van der Waals surface area contributed by atoms with Crippen LogP contribution in [0, 0.1) is 0 Å². The predicted octanol–water partition coefficient (Wildman–Crippen LogP) is -2.20. The van der Waals surface area contributed by atoms with E-state index < -0.39 is 48.3 Å². The number of carboxylic acid groups (broad SMARTS) is 3. The first-order valence-corrected chi connectivity index (χ1v) is 6.49. The molecule has 6 N–H and O–H groups in total. The van der Waals surface area contributed by atoms with Crippen LogP contribution in [0.3, 0.4) is 0 Å². The molecule has 0 aromatic rings. The van der Waals surface area contributed by atoms with Gasteiger partial charge in [-0.2, -0.15) is 0 Å². The van der Waals surface area contributed by atoms with Crippen molar-refractivity contribution in [2.24, 2.45) is 0 Å². The van der Waals surface area contributed by atoms with E-state index in [4.69, 9.17) is 20.4 Å². The minimum absolute atomic E-state index is 0.0911. The molecule has 0 saturated heterocycles. The van der Waals surface area contributed by atoms with Gasteiger partial charge in [0, 0.05) is 12.8 Å². The minimum atomic E-state index is -2.47. The van der Waals surface area contributed by atoms with Crippen molar-refractivity contribution in [3.05, 3.63) is 0 Å². The van der Waals surface area contributed by atoms with Gasteiger partial charge in [-0.05, 0) is 12.8 Å². The van der Waals surface area contributed by atoms with E-state index in [-0.39, 0.29) is 25.7 Å². The van der Waals surface area contributed by atoms with E-state index in [2.05, 4.69) is 4.74 Å². The first kappa shape index (κ1) is 20.8. The van der Waals surface area contributed by atoms with Gasteiger partial charge in [-0.3, -0.25) is 9.59 Å². The highest BCUT2D eigenvalue weighted by atomic mass is 16.6. The van der Waals surface area contributed by atoms with Crippen LogP contribution in [0.2, 0.25) is 0 Å². The van der Waals surface area contributed by atoms with Crippen LogP contribution in [0.25, 0.3) is 0 Å². The summed E-state index contributed by atoms with van der Waals surface area (Å²) in [5.74, 6) is -5.91. The van der Waals surface area contributed by atoms with E-state index in [0.29, 0.717) is 0 Å². The number of unbranched alkanes of at least 4 members (excludes halogenated alkanes) is 1. The number of carboxylic acids is 3. The molecule has 0 amide bonds. The molecule has 0 unspecified atom stereocenters. The second-order valence-electron chi connectivity index (χ2n) is 4.61. The van der Waals surface area contributed by atoms with Gasteiger partial charge in [-0.1, -0.05) is 0 Å². The van der Waals surface area contributed by atoms with E-state index in [9.17, 15) is 29.4 Å². The predicted molar refractivity (Wildman–Crippen MR) is 69.3 cm³/mol. The largest absolute Gasteiger partial charge is 0.481 e. The molecule has 0 heterocycles. The lowest BCUT2D eigenvalue weighted by molar-refractivity contribution is -0.185. The zero-order valence-corrected chi connectivity index (χ0v) is 11.9. The molecule has 0 saturated carbocycles. The number of carbonyl (C=O) groups excluding carboxylic acids is 1. The van der Waals surface area contributed by atoms with Crippen LogP contribution in [-0.4, -0.2) is 78.9 Å². The fourth-order valence-corrected chi connectivity index (χ4v) is 1.52. The first-order chi connectivity index (χ1) is 10.6. The lowest BCUT2D eigenvalue weighted by Gasteiger charge is -2.25. The number of hydrogen-bond acceptors (Lipinski definition) is 8. The van der Waals surface area contributed by atoms with Gasteiger partial charge in [0.05, 0.1) is 0 Å². The van der Waals surface area contributed by atoms with E-state index in [1.165, 1.54) is 0 Å². The van der Waals surface area contributed by atoms with Crippen LogP contribution in [0.15, 0.2) is 0 Å². The summed E-state index contributed by atoms with van der Waals surface area (Å²) in [6.45, 7) is 0. The molecule has 11 heteroatoms. The zero-order valence-electron chi connectivity index (χ0n) is 11.9. The third kappa shape index (κ3) is 7.54. The Balaban J connectivity index is 4.61. The van der Waals surface area contributed by atoms with Crippen LogP contribution >= 0.6 is 0 Å². The van der Waals surface area contributed by atoms with E-state index in [1.807, 2.05) is 0 Å². The maximum absolute atomic E-state index is 11.4. The highest BCUT2D eigenvalue weighted by molar-refractivity contribution is 5.79. The fraction of sp³-hybridized carbons (Fsp3) is 0.667. The number of aliphatic hydroxyl groups excluding tert-OH is 3. The summed E-state index contributed by atoms with van der Waals surface area (Å²) in [6.07, 6.45) is -9.82. The second-order valence-corrected chi connectivity index (χ2v) is 4.61. The number of rotatable bonds is 11. The normalized spacial score (nSPS) is 16.0. The van der Waals surface area contributed by atoms with Gasteiger partial charge >= 0.3 is 23.9 Å². The molecule has 4 atom stereocenters. The van der Waals surface area contributed by atoms with Crippen molar-refractivity contribution in [2.45, 2.75) is 50.1 Å². The van der Waals surface area contributed by atoms with E-state index >= 15 is 0 Å². The average molecular weight is 338 g/mol. The van der Waals surface area contributed by atoms with Crippen molar-refractivity contribution in [1.82, 2.24) is 0 Å². The van der Waals surface area contributed by atoms with Gasteiger partial charge < -0.3 is 35.4 Å². The maximum Gasteiger partial charge on any atom is 0.347 e. The van der Waals surface area contributed by atoms with Crippen LogP contribution < -0.4 is 0 Å². The zero-order chi connectivity index (χ0) is 18.2. The van der Waals surface area contributed by atoms with Crippen molar-refractivity contribution < 1.29 is 54.6 Å². The van der Waals surface area contributed by atoms with Crippen molar-refractivity contribution >= 4 is 23.9 Å². The second kappa shape index (κ2) is 9.71. The molecule has 132 valence electrons. The molecule has 0 spiro atoms. The van der Waals surface area contributed by atoms with E-state index in [1.54, 1.807) is 0 Å². The molecule has 0 aliphatic rings. The standard InChI is InChI=1S/C12H18O11/c13-5(14)3-1-2-4-6(15)23-10(12(21)22)8(17)7(16)9(18)11(19)20/h7-10,16-18H,1-4H2,(H,13,14)(H,19,20)(H,21,22)/t7-,8-,9-,10+/m0/s1. The number of aliphatic hydroxyl groups is 3. The van der Waals surface area contributed by atoms with Crippen molar-refractivity contribution in [3.8, 4) is 0 Å². The molecular weight excluding hydrogens is 320 g/mol. The van der Waals surface area contributed by atoms with Crippen molar-refractivity contribution in [2.75, 3.05) is 0 Å². The minimum Gasteiger partial charge on any atom is -0.481 e. The average Bonchev–Trinajstić information content (AvgIpc) is 2.46. The van der Waals surface area contributed by atoms with Gasteiger partial charge in [-0.25, -0.2) is 9.59 Å². The number of hydrogen-bond donors (Lipinski definition) is 6. The Bertz CT molecular complexity index is 446. The lowest BCUT2D eigenvalue weighted by Crippen LogP contribution is -2.51. The van der Waals surface area contributed by atoms with E-state index in [0.717, 1.165) is 0 Å². The molecule has 0 rings (SSSR count). The van der Waals surface area contributed by atoms with Gasteiger partial charge in [-0.15, -0.1) is 0 Å². The van der Waals surface area contributed by atoms with Crippen molar-refractivity contribution in [1.29, 1.82) is 0 Å². The number of ether oxygens (including phenoxy) is 1. The van der Waals surface area contributed by atoms with Crippen LogP contribution in [0.1, 0.15) is 25.7 Å². The highest BCUT2D eigenvalue weighted by Gasteiger charge is 2.40. The van der Waals surface area contributed by atoms with Crippen LogP contribution in [0.4, 0.5) is 0 Å². The molecule has 0 radical (unpaired) electrons. The summed E-state index contributed by atoms with van der Waals surface area (Å²) in [7, 11) is 0. The Morgan fingerprint density at radius 3 is 1.74 bits per heavy atom. The van der Waals surface area contributed by atoms with Gasteiger partial charge in [0.2, 0.25) is 6.10 Å². The number of aliphatic carboxylic acids is 3. The maximum atomic E-state index is 11.4. The third-order valence-corrected chi connectivity index (χ3v) is 2.76. The molecule has 0 fully saturated rings. The summed E-state index contributed by atoms with van der Waals surface area (Å²) < 4.78 is 4.43. The van der Waals surface area contributed by atoms with Gasteiger partial charge in [0.15, 0.2) is 6.10 Å². The first-order valence-electron chi connectivity index (χ1n) is 6.49. The van der Waals surface area contributed by atoms with Crippen LogP contribution in [0.5, 0.6) is 0 Å². The topological polar surface area (TPSA) is 199 Å². The molecule has 0 aromatic heterocycles. The molecule has 0 aliphatic carbocycles. The molecular formula is C12H18O11. The SMILES string of the molecule is O=C(O)CCCCC(=O)O[C@@H](C(=O)O)[C@@H](O)[C@H](O)[C@H](O)C(=O)O. The monoisotopic (exact) mass is 338 g/mol. The summed E-state index contributed by atoms with van der Waals surface area (Å²) in [5, 5.41) is 53.7. The Morgan fingerprint density at radius 1 is 0.783 bits per heavy atom. The molecule has 0 bridgehead atoms. The summed E-state index contributed by atoms with van der Waals surface area (Å²) in [4.78, 5) is 43.1. The quantitative estimate of drug-likeness (QED) is 0.176. The summed E-state index contributed by atoms with van der Waals surface area (Å²) in [5.41, 5.74) is 0. The Labute approximate surface area is 129 Å². The lowest BCUT2D eigenvalue weighted by atomic mass is 10.0. The summed E-state index contributed by atoms with van der Waals surface area (Å²) in [6, 6.07) is 0. The molecule has 23 heavy (non-hydrogen) atoms. The van der Waals surface area contributed by atoms with Crippen LogP contribution in [-0.2, 0) is 23.9 Å². The highest BCUT2D eigenvalue weighted by Crippen LogP contribution is 2.11. The Morgan fingerprint density at radius 2 is 1.30 bits per heavy atom. The van der Waals surface area contributed by atoms with Crippen molar-refractivity contribution in [3.63, 3.8) is 0 Å². The number of esters is 1. The Kier molecular flexibility index (Phi) is 8.77. The molecule has 11 nitrogen and oxygen atoms in total.